The molecule has 1 amide bonds. The molecule has 45 heavy (non-hydrogen) atoms. The number of ether oxygens (including phenoxy) is 1. The van der Waals surface area contributed by atoms with Gasteiger partial charge in [-0.2, -0.15) is 13.2 Å². The summed E-state index contributed by atoms with van der Waals surface area (Å²) >= 11 is 0. The van der Waals surface area contributed by atoms with Gasteiger partial charge >= 0.3 is 6.18 Å². The molecule has 13 heteroatoms. The molecule has 242 valence electrons. The number of halogens is 4. The molecule has 0 radical (unpaired) electrons. The zero-order chi connectivity index (χ0) is 33.4. The van der Waals surface area contributed by atoms with Crippen LogP contribution in [0.3, 0.4) is 0 Å². The summed E-state index contributed by atoms with van der Waals surface area (Å²) in [4.78, 5) is 20.1. The molecule has 0 fully saturated rings. The third-order valence-corrected chi connectivity index (χ3v) is 9.52. The van der Waals surface area contributed by atoms with Crippen LogP contribution >= 0.6 is 0 Å². The lowest BCUT2D eigenvalue weighted by atomic mass is 9.72. The molecule has 0 aliphatic heterocycles. The smallest absolute Gasteiger partial charge is 0.417 e. The Labute approximate surface area is 258 Å². The van der Waals surface area contributed by atoms with Crippen LogP contribution in [0.15, 0.2) is 65.8 Å². The molecular weight excluding hydrogens is 614 g/mol. The number of hydrogen-bond donors (Lipinski definition) is 3. The first kappa shape index (κ1) is 33.9. The normalized spacial score (nSPS) is 14.6. The Hall–Kier alpha value is -3.97. The predicted octanol–water partition coefficient (Wildman–Crippen LogP) is 6.20. The van der Waals surface area contributed by atoms with E-state index in [1.54, 1.807) is 31.2 Å². The van der Waals surface area contributed by atoms with E-state index >= 15 is 0 Å². The molecular formula is C32H35F4N3O5S. The summed E-state index contributed by atoms with van der Waals surface area (Å²) < 4.78 is 87.8. The minimum atomic E-state index is -5.11. The van der Waals surface area contributed by atoms with E-state index in [0.29, 0.717) is 16.7 Å². The summed E-state index contributed by atoms with van der Waals surface area (Å²) in [6.45, 7) is 6.05. The Morgan fingerprint density at radius 2 is 1.76 bits per heavy atom. The van der Waals surface area contributed by atoms with Crippen molar-refractivity contribution in [1.29, 1.82) is 0 Å². The summed E-state index contributed by atoms with van der Waals surface area (Å²) in [6, 6.07) is 12.3. The highest BCUT2D eigenvalue weighted by Gasteiger charge is 2.56. The number of aromatic amines is 1. The van der Waals surface area contributed by atoms with Gasteiger partial charge in [-0.15, -0.1) is 0 Å². The van der Waals surface area contributed by atoms with Crippen molar-refractivity contribution in [3.8, 4) is 5.75 Å². The summed E-state index contributed by atoms with van der Waals surface area (Å²) in [5, 5.41) is 14.1. The molecule has 0 saturated carbocycles. The van der Waals surface area contributed by atoms with Gasteiger partial charge in [0.15, 0.2) is 20.5 Å². The summed E-state index contributed by atoms with van der Waals surface area (Å²) in [5.74, 6) is -1.03. The number of fused-ring (bicyclic) bond motifs is 1. The number of pyridine rings is 1. The summed E-state index contributed by atoms with van der Waals surface area (Å²) in [7, 11) is -2.14. The van der Waals surface area contributed by atoms with Crippen LogP contribution in [0, 0.1) is 5.82 Å². The van der Waals surface area contributed by atoms with Gasteiger partial charge in [-0.25, -0.2) is 17.8 Å². The maximum absolute atomic E-state index is 14.6. The second kappa shape index (κ2) is 12.4. The minimum absolute atomic E-state index is 0.00106. The van der Waals surface area contributed by atoms with E-state index in [1.807, 2.05) is 0 Å². The van der Waals surface area contributed by atoms with Gasteiger partial charge in [0.25, 0.3) is 5.91 Å². The SMILES string of the molecule is CCS(=O)(=O)c1cc2cc(C[C@](O)(CC(C)(C)c3ccc(F)cc3C(=O)N[C@@H](C)c3ccc(OC)cc3)C(F)(F)F)[nH]c2cn1. The van der Waals surface area contributed by atoms with Crippen molar-refractivity contribution in [2.75, 3.05) is 12.9 Å². The van der Waals surface area contributed by atoms with E-state index in [0.717, 1.165) is 17.7 Å². The van der Waals surface area contributed by atoms with Crippen molar-refractivity contribution in [2.24, 2.45) is 0 Å². The fraction of sp³-hybridized carbons (Fsp3) is 0.375. The van der Waals surface area contributed by atoms with Crippen LogP contribution in [0.25, 0.3) is 10.9 Å². The predicted molar refractivity (Wildman–Crippen MR) is 161 cm³/mol. The summed E-state index contributed by atoms with van der Waals surface area (Å²) in [5.41, 5.74) is -3.80. The summed E-state index contributed by atoms with van der Waals surface area (Å²) in [6.07, 6.45) is -5.68. The van der Waals surface area contributed by atoms with Gasteiger partial charge in [0.2, 0.25) is 0 Å². The lowest BCUT2D eigenvalue weighted by Gasteiger charge is -2.38. The largest absolute Gasteiger partial charge is 0.497 e. The Bertz CT molecular complexity index is 1800. The number of amides is 1. The van der Waals surface area contributed by atoms with Gasteiger partial charge in [0.1, 0.15) is 11.6 Å². The first-order chi connectivity index (χ1) is 20.9. The third kappa shape index (κ3) is 7.30. The first-order valence-electron chi connectivity index (χ1n) is 14.1. The molecule has 0 aliphatic rings. The number of hydrogen-bond acceptors (Lipinski definition) is 6. The van der Waals surface area contributed by atoms with Gasteiger partial charge in [-0.05, 0) is 66.3 Å². The lowest BCUT2D eigenvalue weighted by Crippen LogP contribution is -2.51. The zero-order valence-electron chi connectivity index (χ0n) is 25.4. The number of sulfone groups is 1. The fourth-order valence-electron chi connectivity index (χ4n) is 5.43. The van der Waals surface area contributed by atoms with Crippen LogP contribution in [-0.2, 0) is 21.7 Å². The van der Waals surface area contributed by atoms with Gasteiger partial charge in [0, 0.05) is 23.1 Å². The number of carbonyl (C=O) groups is 1. The van der Waals surface area contributed by atoms with Crippen LogP contribution in [0.1, 0.15) is 67.3 Å². The highest BCUT2D eigenvalue weighted by molar-refractivity contribution is 7.91. The van der Waals surface area contributed by atoms with Crippen molar-refractivity contribution in [3.63, 3.8) is 0 Å². The Balaban J connectivity index is 1.65. The molecule has 4 rings (SSSR count). The van der Waals surface area contributed by atoms with Crippen LogP contribution in [0.5, 0.6) is 5.75 Å². The molecule has 2 atom stereocenters. The Morgan fingerprint density at radius 1 is 1.09 bits per heavy atom. The zero-order valence-corrected chi connectivity index (χ0v) is 26.2. The first-order valence-corrected chi connectivity index (χ1v) is 15.8. The van der Waals surface area contributed by atoms with Crippen molar-refractivity contribution < 1.29 is 40.6 Å². The van der Waals surface area contributed by atoms with E-state index in [9.17, 15) is 35.9 Å². The molecule has 4 aromatic rings. The van der Waals surface area contributed by atoms with Gasteiger partial charge in [-0.1, -0.05) is 39.0 Å². The van der Waals surface area contributed by atoms with Crippen LogP contribution < -0.4 is 10.1 Å². The van der Waals surface area contributed by atoms with Crippen molar-refractivity contribution in [2.45, 2.75) is 68.8 Å². The molecule has 3 N–H and O–H groups in total. The number of aliphatic hydroxyl groups is 1. The van der Waals surface area contributed by atoms with Crippen molar-refractivity contribution in [3.05, 3.63) is 89.0 Å². The molecule has 2 heterocycles. The molecule has 0 aliphatic carbocycles. The Morgan fingerprint density at radius 3 is 2.36 bits per heavy atom. The molecule has 2 aromatic heterocycles. The molecule has 2 aromatic carbocycles. The molecule has 0 bridgehead atoms. The van der Waals surface area contributed by atoms with E-state index in [2.05, 4.69) is 15.3 Å². The minimum Gasteiger partial charge on any atom is -0.497 e. The maximum Gasteiger partial charge on any atom is 0.417 e. The molecule has 0 unspecified atom stereocenters. The Kier molecular flexibility index (Phi) is 9.37. The number of nitrogens with zero attached hydrogens (tertiary/aromatic N) is 1. The average Bonchev–Trinajstić information content (AvgIpc) is 3.37. The van der Waals surface area contributed by atoms with E-state index < -0.39 is 57.6 Å². The van der Waals surface area contributed by atoms with E-state index in [4.69, 9.17) is 4.74 Å². The van der Waals surface area contributed by atoms with Crippen molar-refractivity contribution in [1.82, 2.24) is 15.3 Å². The van der Waals surface area contributed by atoms with Crippen LogP contribution in [-0.4, -0.2) is 54.0 Å². The monoisotopic (exact) mass is 649 g/mol. The number of H-pyrrole nitrogens is 1. The van der Waals surface area contributed by atoms with Crippen molar-refractivity contribution >= 4 is 26.6 Å². The number of alkyl halides is 3. The number of carbonyl (C=O) groups excluding carboxylic acids is 1. The lowest BCUT2D eigenvalue weighted by molar-refractivity contribution is -0.266. The molecule has 0 spiro atoms. The average molecular weight is 650 g/mol. The number of rotatable bonds is 11. The molecule has 8 nitrogen and oxygen atoms in total. The fourth-order valence-corrected chi connectivity index (χ4v) is 6.25. The second-order valence-electron chi connectivity index (χ2n) is 11.7. The van der Waals surface area contributed by atoms with E-state index in [1.165, 1.54) is 52.3 Å². The third-order valence-electron chi connectivity index (χ3n) is 7.90. The number of aromatic nitrogens is 2. The number of benzene rings is 2. The van der Waals surface area contributed by atoms with E-state index in [-0.39, 0.29) is 27.6 Å². The van der Waals surface area contributed by atoms with Gasteiger partial charge in [-0.3, -0.25) is 4.79 Å². The maximum atomic E-state index is 14.6. The van der Waals surface area contributed by atoms with Gasteiger partial charge < -0.3 is 20.1 Å². The van der Waals surface area contributed by atoms with Gasteiger partial charge in [0.05, 0.1) is 30.6 Å². The molecule has 0 saturated heterocycles. The number of methoxy groups -OCH3 is 1. The standard InChI is InChI=1S/C32H35F4N3O5S/c1-6-45(42,43)28-14-21-13-23(39-27(21)17-37-28)16-31(41,32(34,35)36)18-30(3,4)26-12-9-22(33)15-25(26)29(40)38-19(2)20-7-10-24(44-5)11-8-20/h7-15,17,19,39,41H,6,16,18H2,1-5H3,(H,38,40)/t19-,31-/m0/s1. The highest BCUT2D eigenvalue weighted by atomic mass is 32.2. The second-order valence-corrected chi connectivity index (χ2v) is 14.0. The van der Waals surface area contributed by atoms with Crippen LogP contribution in [0.2, 0.25) is 0 Å². The quantitative estimate of drug-likeness (QED) is 0.167. The highest BCUT2D eigenvalue weighted by Crippen LogP contribution is 2.44. The topological polar surface area (TPSA) is 121 Å². The van der Waals surface area contributed by atoms with Crippen LogP contribution in [0.4, 0.5) is 17.6 Å². The number of nitrogens with one attached hydrogen (secondary N) is 2.